The lowest BCUT2D eigenvalue weighted by atomic mass is 9.94. The predicted octanol–water partition coefficient (Wildman–Crippen LogP) is 2.94. The van der Waals surface area contributed by atoms with E-state index in [4.69, 9.17) is 4.74 Å². The largest absolute Gasteiger partial charge is 0.455 e. The Morgan fingerprint density at radius 1 is 0.847 bits per heavy atom. The molecule has 17 heteroatoms. The average Bonchev–Trinajstić information content (AvgIpc) is 3.83. The fourth-order valence-corrected chi connectivity index (χ4v) is 8.54. The Kier molecular flexibility index (Phi) is 12.9. The van der Waals surface area contributed by atoms with Gasteiger partial charge in [0.25, 0.3) is 0 Å². The van der Waals surface area contributed by atoms with Crippen LogP contribution in [-0.2, 0) is 39.9 Å². The van der Waals surface area contributed by atoms with Crippen molar-refractivity contribution >= 4 is 47.2 Å². The summed E-state index contributed by atoms with van der Waals surface area (Å²) in [6.07, 6.45) is 2.14. The van der Waals surface area contributed by atoms with Gasteiger partial charge < -0.3 is 40.7 Å². The van der Waals surface area contributed by atoms with E-state index in [2.05, 4.69) is 21.3 Å². The van der Waals surface area contributed by atoms with E-state index in [-0.39, 0.29) is 44.0 Å². The first-order valence-electron chi connectivity index (χ1n) is 20.3. The molecule has 0 bridgehead atoms. The Bertz CT molecular complexity index is 1960. The molecule has 4 heterocycles. The highest BCUT2D eigenvalue weighted by atomic mass is 19.1. The number of benzene rings is 2. The first kappa shape index (κ1) is 43.0. The van der Waals surface area contributed by atoms with Crippen LogP contribution >= 0.6 is 0 Å². The number of nitrogens with zero attached hydrogens (tertiary/aromatic N) is 3. The van der Waals surface area contributed by atoms with Gasteiger partial charge in [0.05, 0.1) is 0 Å². The predicted molar refractivity (Wildman–Crippen MR) is 210 cm³/mol. The van der Waals surface area contributed by atoms with E-state index in [1.54, 1.807) is 24.3 Å². The Balaban J connectivity index is 1.37. The molecule has 59 heavy (non-hydrogen) atoms. The van der Waals surface area contributed by atoms with Gasteiger partial charge in [-0.2, -0.15) is 0 Å². The Hall–Kier alpha value is -5.61. The highest BCUT2D eigenvalue weighted by Crippen LogP contribution is 2.31. The van der Waals surface area contributed by atoms with Crippen molar-refractivity contribution in [1.29, 1.82) is 0 Å². The molecule has 0 aromatic heterocycles. The fourth-order valence-electron chi connectivity index (χ4n) is 8.54. The highest BCUT2D eigenvalue weighted by molar-refractivity contribution is 5.99. The van der Waals surface area contributed by atoms with Gasteiger partial charge in [0.2, 0.25) is 29.5 Å². The first-order valence-corrected chi connectivity index (χ1v) is 20.3. The minimum atomic E-state index is -1.83. The van der Waals surface area contributed by atoms with Crippen LogP contribution in [0.15, 0.2) is 42.5 Å². The minimum Gasteiger partial charge on any atom is -0.455 e. The minimum absolute atomic E-state index is 0.0213. The Morgan fingerprint density at radius 2 is 1.49 bits per heavy atom. The number of rotatable bonds is 6. The number of hydrogen-bond donors (Lipinski definition) is 4. The number of anilines is 1. The molecule has 0 unspecified atom stereocenters. The molecule has 318 valence electrons. The number of aryl methyl sites for hydroxylation is 1. The number of fused-ring (bicyclic) bond motifs is 3. The number of amides is 7. The Labute approximate surface area is 341 Å². The first-order chi connectivity index (χ1) is 27.9. The van der Waals surface area contributed by atoms with Crippen molar-refractivity contribution in [3.05, 3.63) is 65.2 Å². The monoisotopic (exact) mass is 821 g/mol. The van der Waals surface area contributed by atoms with Gasteiger partial charge in [0.1, 0.15) is 53.5 Å². The summed E-state index contributed by atoms with van der Waals surface area (Å²) in [6.45, 7) is 8.66. The molecule has 4 N–H and O–H groups in total. The van der Waals surface area contributed by atoms with Gasteiger partial charge >= 0.3 is 12.0 Å². The topological polar surface area (TPSA) is 187 Å². The number of nitrogens with one attached hydrogen (secondary N) is 4. The molecule has 4 fully saturated rings. The van der Waals surface area contributed by atoms with Crippen LogP contribution in [0.5, 0.6) is 0 Å². The SMILES string of the molecule is Cc1ccc(NC(=O)N[C@@H](Cc2cc(F)cc(F)c2)C(=O)N[C@@H]2C(=O)N3CCC[C@H]3C(=O)N3CCCC[C@H]3C(=O)N[C@@H](C)C(=O)N3C[C@@H](C)C[C@H]3C(=O)OC2(C)C)cc1. The summed E-state index contributed by atoms with van der Waals surface area (Å²) < 4.78 is 34.8. The third kappa shape index (κ3) is 9.82. The normalized spacial score (nSPS) is 26.9. The molecule has 4 aliphatic rings. The van der Waals surface area contributed by atoms with Crippen LogP contribution in [0.3, 0.4) is 0 Å². The van der Waals surface area contributed by atoms with Crippen molar-refractivity contribution in [1.82, 2.24) is 30.7 Å². The number of piperidine rings is 1. The van der Waals surface area contributed by atoms with Crippen molar-refractivity contribution in [2.75, 3.05) is 25.0 Å². The number of carbonyl (C=O) groups is 7. The van der Waals surface area contributed by atoms with Crippen LogP contribution in [0, 0.1) is 24.5 Å². The van der Waals surface area contributed by atoms with Gasteiger partial charge in [0, 0.05) is 37.8 Å². The van der Waals surface area contributed by atoms with Gasteiger partial charge in [-0.1, -0.05) is 24.6 Å². The lowest BCUT2D eigenvalue weighted by Crippen LogP contribution is -2.65. The third-order valence-electron chi connectivity index (χ3n) is 11.6. The second kappa shape index (κ2) is 17.7. The summed E-state index contributed by atoms with van der Waals surface area (Å²) in [5.74, 6) is -6.00. The summed E-state index contributed by atoms with van der Waals surface area (Å²) in [6, 6.07) is 1.44. The molecule has 0 radical (unpaired) electrons. The second-order valence-corrected chi connectivity index (χ2v) is 16.8. The molecular weight excluding hydrogens is 768 g/mol. The van der Waals surface area contributed by atoms with E-state index in [1.165, 1.54) is 35.5 Å². The molecule has 15 nitrogen and oxygen atoms in total. The number of halogens is 2. The summed E-state index contributed by atoms with van der Waals surface area (Å²) in [7, 11) is 0. The molecular formula is C42H53F2N7O8. The van der Waals surface area contributed by atoms with Crippen LogP contribution in [0.4, 0.5) is 19.3 Å². The van der Waals surface area contributed by atoms with Crippen LogP contribution in [0.1, 0.15) is 77.3 Å². The van der Waals surface area contributed by atoms with Gasteiger partial charge in [-0.3, -0.25) is 24.0 Å². The van der Waals surface area contributed by atoms with Crippen molar-refractivity contribution in [3.63, 3.8) is 0 Å². The van der Waals surface area contributed by atoms with Crippen LogP contribution in [0.2, 0.25) is 0 Å². The smallest absolute Gasteiger partial charge is 0.329 e. The number of ether oxygens (including phenoxy) is 1. The van der Waals surface area contributed by atoms with Crippen molar-refractivity contribution in [2.24, 2.45) is 5.92 Å². The molecule has 7 atom stereocenters. The van der Waals surface area contributed by atoms with E-state index < -0.39 is 101 Å². The standard InChI is InChI=1S/C42H53F2N7O8/c1-23-11-13-29(14-12-23)46-41(58)47-30(20-26-18-27(43)21-28(44)19-26)35(52)48-34-39(56)50-16-8-10-32(50)38(55)49-15-7-6-9-31(49)36(53)45-25(3)37(54)51-22-24(2)17-33(51)40(57)59-42(34,4)5/h11-14,18-19,21,24-25,30-34H,6-10,15-17,20,22H2,1-5H3,(H,45,53)(H,48,52)(H2,46,47,58)/t24-,25-,30-,31-,32-,33-,34+/m0/s1. The number of cyclic esters (lactones) is 1. The molecule has 0 aliphatic carbocycles. The van der Waals surface area contributed by atoms with Gasteiger partial charge in [-0.25, -0.2) is 18.4 Å². The summed E-state index contributed by atoms with van der Waals surface area (Å²) in [4.78, 5) is 103. The molecule has 6 rings (SSSR count). The van der Waals surface area contributed by atoms with Crippen molar-refractivity contribution < 1.29 is 47.1 Å². The number of urea groups is 1. The maximum absolute atomic E-state index is 14.9. The molecule has 4 aliphatic heterocycles. The fraction of sp³-hybridized carbons (Fsp3) is 0.548. The molecule has 4 saturated heterocycles. The second-order valence-electron chi connectivity index (χ2n) is 16.8. The zero-order valence-corrected chi connectivity index (χ0v) is 34.0. The quantitative estimate of drug-likeness (QED) is 0.321. The summed E-state index contributed by atoms with van der Waals surface area (Å²) in [5.41, 5.74) is -0.479. The van der Waals surface area contributed by atoms with Crippen LogP contribution in [-0.4, -0.2) is 118 Å². The number of carbonyl (C=O) groups excluding carboxylic acids is 7. The maximum Gasteiger partial charge on any atom is 0.329 e. The molecule has 2 aromatic rings. The lowest BCUT2D eigenvalue weighted by molar-refractivity contribution is -0.172. The molecule has 0 saturated carbocycles. The van der Waals surface area contributed by atoms with E-state index in [0.717, 1.165) is 17.7 Å². The van der Waals surface area contributed by atoms with Crippen LogP contribution in [0.25, 0.3) is 0 Å². The van der Waals surface area contributed by atoms with Gasteiger partial charge in [-0.05, 0) is 102 Å². The molecule has 2 aromatic carbocycles. The van der Waals surface area contributed by atoms with E-state index >= 15 is 0 Å². The van der Waals surface area contributed by atoms with E-state index in [0.29, 0.717) is 37.4 Å². The van der Waals surface area contributed by atoms with Crippen molar-refractivity contribution in [3.8, 4) is 0 Å². The average molecular weight is 822 g/mol. The maximum atomic E-state index is 14.9. The Morgan fingerprint density at radius 3 is 2.19 bits per heavy atom. The molecule has 0 spiro atoms. The third-order valence-corrected chi connectivity index (χ3v) is 11.6. The zero-order chi connectivity index (χ0) is 42.8. The number of esters is 1. The molecule has 7 amide bonds. The van der Waals surface area contributed by atoms with Crippen molar-refractivity contribution in [2.45, 2.75) is 121 Å². The lowest BCUT2D eigenvalue weighted by Gasteiger charge is -2.41. The summed E-state index contributed by atoms with van der Waals surface area (Å²) >= 11 is 0. The summed E-state index contributed by atoms with van der Waals surface area (Å²) in [5, 5.41) is 10.6. The number of hydrogen-bond acceptors (Lipinski definition) is 8. The highest BCUT2D eigenvalue weighted by Gasteiger charge is 2.50. The van der Waals surface area contributed by atoms with Gasteiger partial charge in [0.15, 0.2) is 0 Å². The van der Waals surface area contributed by atoms with E-state index in [9.17, 15) is 42.3 Å². The zero-order valence-electron chi connectivity index (χ0n) is 34.0. The van der Waals surface area contributed by atoms with Crippen LogP contribution < -0.4 is 21.3 Å². The van der Waals surface area contributed by atoms with E-state index in [1.807, 2.05) is 13.8 Å². The van der Waals surface area contributed by atoms with Gasteiger partial charge in [-0.15, -0.1) is 0 Å².